The van der Waals surface area contributed by atoms with Crippen LogP contribution in [0.25, 0.3) is 0 Å². The zero-order valence-electron chi connectivity index (χ0n) is 17.7. The van der Waals surface area contributed by atoms with E-state index in [9.17, 15) is 9.90 Å². The lowest BCUT2D eigenvalue weighted by Crippen LogP contribution is -2.47. The summed E-state index contributed by atoms with van der Waals surface area (Å²) in [6.07, 6.45) is 4.27. The number of hydrogen-bond acceptors (Lipinski definition) is 4. The van der Waals surface area contributed by atoms with Crippen LogP contribution in [0, 0.1) is 11.8 Å². The Labute approximate surface area is 161 Å². The number of esters is 1. The van der Waals surface area contributed by atoms with Crippen LogP contribution < -0.4 is 0 Å². The highest BCUT2D eigenvalue weighted by Crippen LogP contribution is 2.42. The highest BCUT2D eigenvalue weighted by atomic mass is 28.4. The predicted octanol–water partition coefficient (Wildman–Crippen LogP) is 4.83. The van der Waals surface area contributed by atoms with Gasteiger partial charge in [-0.3, -0.25) is 0 Å². The minimum atomic E-state index is -1.77. The molecule has 1 atom stereocenters. The maximum atomic E-state index is 11.1. The van der Waals surface area contributed by atoms with Gasteiger partial charge in [0.25, 0.3) is 0 Å². The Bertz CT molecular complexity index is 464. The molecule has 0 aliphatic carbocycles. The molecule has 5 heteroatoms. The van der Waals surface area contributed by atoms with Gasteiger partial charge < -0.3 is 14.3 Å². The third-order valence-corrected chi connectivity index (χ3v) is 10.8. The number of unbranched alkanes of at least 4 members (excludes halogenated alkanes) is 2. The monoisotopic (exact) mass is 382 g/mol. The van der Waals surface area contributed by atoms with Crippen molar-refractivity contribution >= 4 is 14.3 Å². The molecule has 1 N–H and O–H groups in total. The Balaban J connectivity index is 4.27. The van der Waals surface area contributed by atoms with Crippen molar-refractivity contribution in [3.63, 3.8) is 0 Å². The van der Waals surface area contributed by atoms with E-state index >= 15 is 0 Å². The SMILES string of the molecule is CCOC(=O)/C=C/[C@H](O)C#CCCCCO[Si](C(C)C)(C(C)C)C(C)C. The Morgan fingerprint density at radius 1 is 1.08 bits per heavy atom. The van der Waals surface area contributed by atoms with E-state index in [1.165, 1.54) is 12.2 Å². The number of carbonyl (C=O) groups excluding carboxylic acids is 1. The first-order valence-corrected chi connectivity index (χ1v) is 12.0. The van der Waals surface area contributed by atoms with Gasteiger partial charge in [-0.1, -0.05) is 47.5 Å². The van der Waals surface area contributed by atoms with Crippen LogP contribution in [-0.4, -0.2) is 38.7 Å². The van der Waals surface area contributed by atoms with E-state index in [0.717, 1.165) is 19.4 Å². The predicted molar refractivity (Wildman–Crippen MR) is 110 cm³/mol. The molecule has 0 aromatic rings. The summed E-state index contributed by atoms with van der Waals surface area (Å²) in [5.41, 5.74) is 1.80. The van der Waals surface area contributed by atoms with Gasteiger partial charge >= 0.3 is 5.97 Å². The number of aliphatic hydroxyl groups excluding tert-OH is 1. The first-order chi connectivity index (χ1) is 12.2. The van der Waals surface area contributed by atoms with Crippen molar-refractivity contribution in [3.8, 4) is 11.8 Å². The first-order valence-electron chi connectivity index (χ1n) is 9.83. The molecule has 150 valence electrons. The fourth-order valence-corrected chi connectivity index (χ4v) is 9.15. The third kappa shape index (κ3) is 8.53. The molecule has 0 rings (SSSR count). The molecule has 26 heavy (non-hydrogen) atoms. The lowest BCUT2D eigenvalue weighted by atomic mass is 10.2. The van der Waals surface area contributed by atoms with Crippen LogP contribution >= 0.6 is 0 Å². The molecule has 0 fully saturated rings. The Morgan fingerprint density at radius 2 is 1.65 bits per heavy atom. The molecule has 0 aromatic heterocycles. The largest absolute Gasteiger partial charge is 0.463 e. The van der Waals surface area contributed by atoms with Gasteiger partial charge in [-0.25, -0.2) is 4.79 Å². The van der Waals surface area contributed by atoms with Crippen molar-refractivity contribution in [2.24, 2.45) is 0 Å². The molecule has 0 spiro atoms. The molecule has 0 aliphatic heterocycles. The molecular weight excluding hydrogens is 344 g/mol. The number of carbonyl (C=O) groups is 1. The quantitative estimate of drug-likeness (QED) is 0.183. The topological polar surface area (TPSA) is 55.8 Å². The smallest absolute Gasteiger partial charge is 0.330 e. The number of ether oxygens (including phenoxy) is 1. The number of rotatable bonds is 11. The molecule has 4 nitrogen and oxygen atoms in total. The molecule has 0 amide bonds. The molecule has 0 saturated heterocycles. The second-order valence-electron chi connectivity index (χ2n) is 7.50. The average molecular weight is 383 g/mol. The van der Waals surface area contributed by atoms with Crippen molar-refractivity contribution < 1.29 is 19.1 Å². The fraction of sp³-hybridized carbons (Fsp3) is 0.762. The molecule has 0 heterocycles. The summed E-state index contributed by atoms with van der Waals surface area (Å²) in [7, 11) is -1.77. The molecule has 0 saturated carbocycles. The van der Waals surface area contributed by atoms with E-state index in [2.05, 4.69) is 53.4 Å². The zero-order chi connectivity index (χ0) is 20.2. The van der Waals surface area contributed by atoms with E-state index in [-0.39, 0.29) is 0 Å². The average Bonchev–Trinajstić information content (AvgIpc) is 2.54. The van der Waals surface area contributed by atoms with E-state index in [1.807, 2.05) is 0 Å². The molecule has 0 aliphatic rings. The molecular formula is C21H38O4Si. The van der Waals surface area contributed by atoms with Crippen LogP contribution in [0.3, 0.4) is 0 Å². The Kier molecular flexibility index (Phi) is 12.6. The lowest BCUT2D eigenvalue weighted by molar-refractivity contribution is -0.137. The van der Waals surface area contributed by atoms with Crippen molar-refractivity contribution in [2.45, 2.75) is 90.5 Å². The minimum absolute atomic E-state index is 0.321. The van der Waals surface area contributed by atoms with Crippen molar-refractivity contribution in [3.05, 3.63) is 12.2 Å². The summed E-state index contributed by atoms with van der Waals surface area (Å²) < 4.78 is 11.3. The van der Waals surface area contributed by atoms with Crippen molar-refractivity contribution in [1.82, 2.24) is 0 Å². The summed E-state index contributed by atoms with van der Waals surface area (Å²) in [5, 5.41) is 9.67. The van der Waals surface area contributed by atoms with Crippen LogP contribution in [0.1, 0.15) is 67.7 Å². The number of hydrogen-bond donors (Lipinski definition) is 1. The van der Waals surface area contributed by atoms with E-state index in [1.54, 1.807) is 6.92 Å². The second-order valence-corrected chi connectivity index (χ2v) is 13.0. The van der Waals surface area contributed by atoms with Crippen LogP contribution in [0.15, 0.2) is 12.2 Å². The normalized spacial score (nSPS) is 13.3. The standard InChI is InChI=1S/C21H38O4Si/c1-8-24-21(23)15-14-20(22)13-11-9-10-12-16-25-26(17(2)3,18(4)5)19(6)7/h14-15,17-20,22H,8-10,12,16H2,1-7H3/b15-14+/t20-/m1/s1. The van der Waals surface area contributed by atoms with Crippen LogP contribution in [0.2, 0.25) is 16.6 Å². The molecule has 0 aromatic carbocycles. The van der Waals surface area contributed by atoms with E-state index < -0.39 is 20.4 Å². The molecule has 0 bridgehead atoms. The summed E-state index contributed by atoms with van der Waals surface area (Å²) in [4.78, 5) is 11.1. The maximum Gasteiger partial charge on any atom is 0.330 e. The fourth-order valence-electron chi connectivity index (χ4n) is 3.65. The number of aliphatic hydroxyl groups is 1. The van der Waals surface area contributed by atoms with Gasteiger partial charge in [-0.15, -0.1) is 5.92 Å². The highest BCUT2D eigenvalue weighted by Gasteiger charge is 2.44. The van der Waals surface area contributed by atoms with Crippen molar-refractivity contribution in [2.75, 3.05) is 13.2 Å². The van der Waals surface area contributed by atoms with Crippen LogP contribution in [-0.2, 0) is 14.0 Å². The summed E-state index contributed by atoms with van der Waals surface area (Å²) in [6, 6.07) is 0. The Morgan fingerprint density at radius 3 is 2.15 bits per heavy atom. The van der Waals surface area contributed by atoms with Crippen LogP contribution in [0.4, 0.5) is 0 Å². The third-order valence-electron chi connectivity index (χ3n) is 4.71. The minimum Gasteiger partial charge on any atom is -0.463 e. The van der Waals surface area contributed by atoms with Crippen molar-refractivity contribution in [1.29, 1.82) is 0 Å². The van der Waals surface area contributed by atoms with Gasteiger partial charge in [0.2, 0.25) is 0 Å². The second kappa shape index (κ2) is 13.1. The summed E-state index contributed by atoms with van der Waals surface area (Å²) >= 11 is 0. The zero-order valence-corrected chi connectivity index (χ0v) is 18.7. The van der Waals surface area contributed by atoms with Gasteiger partial charge in [0.05, 0.1) is 6.61 Å². The van der Waals surface area contributed by atoms with Gasteiger partial charge in [0.1, 0.15) is 6.10 Å². The summed E-state index contributed by atoms with van der Waals surface area (Å²) in [6.45, 7) is 16.6. The van der Waals surface area contributed by atoms with Gasteiger partial charge in [-0.05, 0) is 42.5 Å². The van der Waals surface area contributed by atoms with Gasteiger partial charge in [-0.2, -0.15) is 0 Å². The molecule has 0 unspecified atom stereocenters. The van der Waals surface area contributed by atoms with E-state index in [0.29, 0.717) is 29.7 Å². The highest BCUT2D eigenvalue weighted by molar-refractivity contribution is 6.77. The first kappa shape index (κ1) is 24.9. The maximum absolute atomic E-state index is 11.1. The molecule has 0 radical (unpaired) electrons. The van der Waals surface area contributed by atoms with Crippen LogP contribution in [0.5, 0.6) is 0 Å². The van der Waals surface area contributed by atoms with Gasteiger partial charge in [0.15, 0.2) is 8.32 Å². The van der Waals surface area contributed by atoms with Gasteiger partial charge in [0, 0.05) is 19.1 Å². The van der Waals surface area contributed by atoms with E-state index in [4.69, 9.17) is 9.16 Å². The lowest BCUT2D eigenvalue weighted by Gasteiger charge is -2.42. The Hall–Kier alpha value is -1.09. The summed E-state index contributed by atoms with van der Waals surface area (Å²) in [5.74, 6) is 5.22.